The molecule has 3 N–H and O–H groups in total. The van der Waals surface area contributed by atoms with E-state index in [1.54, 1.807) is 13.0 Å². The van der Waals surface area contributed by atoms with E-state index < -0.39 is 0 Å². The van der Waals surface area contributed by atoms with E-state index in [1.165, 1.54) is 0 Å². The van der Waals surface area contributed by atoms with Gasteiger partial charge in [0, 0.05) is 32.2 Å². The molecule has 0 spiro atoms. The van der Waals surface area contributed by atoms with Crippen molar-refractivity contribution in [2.75, 3.05) is 31.1 Å². The van der Waals surface area contributed by atoms with E-state index in [0.29, 0.717) is 10.8 Å². The Kier molecular flexibility index (Phi) is 4.72. The SMILES string of the molecule is CCC(C(N)=S)N1CCN(c2cc(=O)[nH]c(C)n2)CC1. The van der Waals surface area contributed by atoms with Crippen molar-refractivity contribution < 1.29 is 0 Å². The minimum absolute atomic E-state index is 0.107. The van der Waals surface area contributed by atoms with E-state index in [9.17, 15) is 4.79 Å². The van der Waals surface area contributed by atoms with Gasteiger partial charge in [-0.25, -0.2) is 4.98 Å². The van der Waals surface area contributed by atoms with Crippen LogP contribution in [0.25, 0.3) is 0 Å². The second-order valence-corrected chi connectivity index (χ2v) is 5.51. The van der Waals surface area contributed by atoms with Crippen LogP contribution in [0.1, 0.15) is 19.2 Å². The van der Waals surface area contributed by atoms with Crippen LogP contribution in [-0.2, 0) is 0 Å². The third kappa shape index (κ3) is 3.34. The highest BCUT2D eigenvalue weighted by Gasteiger charge is 2.25. The monoisotopic (exact) mass is 295 g/mol. The van der Waals surface area contributed by atoms with Gasteiger partial charge in [0.2, 0.25) is 0 Å². The van der Waals surface area contributed by atoms with Gasteiger partial charge >= 0.3 is 0 Å². The van der Waals surface area contributed by atoms with Gasteiger partial charge < -0.3 is 15.6 Å². The Balaban J connectivity index is 2.04. The molecule has 1 unspecified atom stereocenters. The Morgan fingerprint density at radius 1 is 1.50 bits per heavy atom. The molecule has 6 nitrogen and oxygen atoms in total. The summed E-state index contributed by atoms with van der Waals surface area (Å²) in [6.07, 6.45) is 0.928. The van der Waals surface area contributed by atoms with Crippen LogP contribution in [0.2, 0.25) is 0 Å². The van der Waals surface area contributed by atoms with E-state index in [1.807, 2.05) is 0 Å². The van der Waals surface area contributed by atoms with E-state index >= 15 is 0 Å². The molecule has 2 heterocycles. The van der Waals surface area contributed by atoms with Gasteiger partial charge in [0.1, 0.15) is 11.6 Å². The average Bonchev–Trinajstić information content (AvgIpc) is 2.38. The molecule has 7 heteroatoms. The van der Waals surface area contributed by atoms with E-state index in [4.69, 9.17) is 18.0 Å². The second-order valence-electron chi connectivity index (χ2n) is 5.04. The maximum absolute atomic E-state index is 11.5. The Morgan fingerprint density at radius 3 is 2.65 bits per heavy atom. The number of nitrogens with one attached hydrogen (secondary N) is 1. The van der Waals surface area contributed by atoms with Gasteiger partial charge in [0.25, 0.3) is 5.56 Å². The second kappa shape index (κ2) is 6.32. The summed E-state index contributed by atoms with van der Waals surface area (Å²) < 4.78 is 0. The first-order valence-corrected chi connectivity index (χ1v) is 7.28. The molecule has 0 bridgehead atoms. The number of nitrogens with two attached hydrogens (primary N) is 1. The first kappa shape index (κ1) is 14.9. The number of aromatic nitrogens is 2. The van der Waals surface area contributed by atoms with Crippen molar-refractivity contribution in [2.45, 2.75) is 26.3 Å². The number of thiocarbonyl (C=S) groups is 1. The molecule has 1 atom stereocenters. The largest absolute Gasteiger partial charge is 0.392 e. The van der Waals surface area contributed by atoms with Crippen molar-refractivity contribution in [3.05, 3.63) is 22.2 Å². The molecular formula is C13H21N5OS. The number of hydrogen-bond donors (Lipinski definition) is 2. The quantitative estimate of drug-likeness (QED) is 0.776. The lowest BCUT2D eigenvalue weighted by Gasteiger charge is -2.39. The molecule has 0 radical (unpaired) electrons. The minimum atomic E-state index is -0.107. The average molecular weight is 295 g/mol. The molecule has 1 aliphatic heterocycles. The zero-order chi connectivity index (χ0) is 14.7. The van der Waals surface area contributed by atoms with Crippen LogP contribution in [-0.4, -0.2) is 52.1 Å². The summed E-state index contributed by atoms with van der Waals surface area (Å²) in [4.78, 5) is 23.5. The van der Waals surface area contributed by atoms with Crippen LogP contribution in [0.5, 0.6) is 0 Å². The summed E-state index contributed by atoms with van der Waals surface area (Å²) in [6, 6.07) is 1.72. The number of rotatable bonds is 4. The summed E-state index contributed by atoms with van der Waals surface area (Å²) in [5.74, 6) is 1.39. The normalized spacial score (nSPS) is 18.0. The summed E-state index contributed by atoms with van der Waals surface area (Å²) in [6.45, 7) is 7.30. The fraction of sp³-hybridized carbons (Fsp3) is 0.615. The summed E-state index contributed by atoms with van der Waals surface area (Å²) in [7, 11) is 0. The molecule has 1 fully saturated rings. The van der Waals surface area contributed by atoms with Crippen LogP contribution in [0.15, 0.2) is 10.9 Å². The molecule has 0 amide bonds. The molecule has 1 saturated heterocycles. The van der Waals surface area contributed by atoms with Crippen molar-refractivity contribution in [2.24, 2.45) is 5.73 Å². The van der Waals surface area contributed by atoms with Gasteiger partial charge in [-0.1, -0.05) is 19.1 Å². The van der Waals surface area contributed by atoms with Gasteiger partial charge in [-0.15, -0.1) is 0 Å². The predicted molar refractivity (Wildman–Crippen MR) is 84.2 cm³/mol. The number of hydrogen-bond acceptors (Lipinski definition) is 5. The molecule has 1 aliphatic rings. The molecule has 1 aromatic rings. The highest BCUT2D eigenvalue weighted by Crippen LogP contribution is 2.14. The fourth-order valence-corrected chi connectivity index (χ4v) is 2.94. The topological polar surface area (TPSA) is 78.2 Å². The maximum atomic E-state index is 11.5. The number of anilines is 1. The van der Waals surface area contributed by atoms with E-state index in [2.05, 4.69) is 26.7 Å². The number of H-pyrrole nitrogens is 1. The van der Waals surface area contributed by atoms with Crippen LogP contribution in [0, 0.1) is 6.92 Å². The van der Waals surface area contributed by atoms with Gasteiger partial charge in [0.05, 0.1) is 11.0 Å². The summed E-state index contributed by atoms with van der Waals surface area (Å²) >= 11 is 5.12. The predicted octanol–water partition coefficient (Wildman–Crippen LogP) is 0.265. The molecule has 20 heavy (non-hydrogen) atoms. The standard InChI is InChI=1S/C13H21N5OS/c1-3-10(13(14)20)17-4-6-18(7-5-17)11-8-12(19)16-9(2)15-11/h8,10H,3-7H2,1-2H3,(H2,14,20)(H,15,16,19). The van der Waals surface area contributed by atoms with Crippen molar-refractivity contribution in [3.63, 3.8) is 0 Å². The molecule has 2 rings (SSSR count). The van der Waals surface area contributed by atoms with E-state index in [0.717, 1.165) is 38.4 Å². The van der Waals surface area contributed by atoms with Crippen molar-refractivity contribution in [1.82, 2.24) is 14.9 Å². The first-order chi connectivity index (χ1) is 9.51. The smallest absolute Gasteiger partial charge is 0.252 e. The third-order valence-corrected chi connectivity index (χ3v) is 3.91. The number of aryl methyl sites for hydroxylation is 1. The minimum Gasteiger partial charge on any atom is -0.392 e. The van der Waals surface area contributed by atoms with Crippen LogP contribution >= 0.6 is 12.2 Å². The molecule has 0 saturated carbocycles. The summed E-state index contributed by atoms with van der Waals surface area (Å²) in [5, 5.41) is 0. The van der Waals surface area contributed by atoms with Crippen molar-refractivity contribution in [3.8, 4) is 0 Å². The molecular weight excluding hydrogens is 274 g/mol. The number of nitrogens with zero attached hydrogens (tertiary/aromatic N) is 3. The third-order valence-electron chi connectivity index (χ3n) is 3.64. The summed E-state index contributed by atoms with van der Waals surface area (Å²) in [5.41, 5.74) is 5.67. The van der Waals surface area contributed by atoms with Gasteiger partial charge in [0.15, 0.2) is 0 Å². The molecule has 0 aromatic carbocycles. The number of aromatic amines is 1. The van der Waals surface area contributed by atoms with Crippen LogP contribution in [0.3, 0.4) is 0 Å². The highest BCUT2D eigenvalue weighted by molar-refractivity contribution is 7.80. The van der Waals surface area contributed by atoms with E-state index in [-0.39, 0.29) is 11.6 Å². The lowest BCUT2D eigenvalue weighted by atomic mass is 10.1. The van der Waals surface area contributed by atoms with Gasteiger partial charge in [-0.2, -0.15) is 0 Å². The zero-order valence-corrected chi connectivity index (χ0v) is 12.7. The van der Waals surface area contributed by atoms with Crippen LogP contribution < -0.4 is 16.2 Å². The van der Waals surface area contributed by atoms with Crippen molar-refractivity contribution in [1.29, 1.82) is 0 Å². The first-order valence-electron chi connectivity index (χ1n) is 6.87. The Bertz CT molecular complexity index is 536. The lowest BCUT2D eigenvalue weighted by molar-refractivity contribution is 0.224. The highest BCUT2D eigenvalue weighted by atomic mass is 32.1. The fourth-order valence-electron chi connectivity index (χ4n) is 2.63. The Morgan fingerprint density at radius 2 is 2.15 bits per heavy atom. The van der Waals surface area contributed by atoms with Crippen LogP contribution in [0.4, 0.5) is 5.82 Å². The van der Waals surface area contributed by atoms with Gasteiger partial charge in [-0.05, 0) is 13.3 Å². The lowest BCUT2D eigenvalue weighted by Crippen LogP contribution is -2.53. The number of piperazine rings is 1. The van der Waals surface area contributed by atoms with Crippen molar-refractivity contribution >= 4 is 23.0 Å². The van der Waals surface area contributed by atoms with Gasteiger partial charge in [-0.3, -0.25) is 9.69 Å². The molecule has 110 valence electrons. The Labute approximate surface area is 124 Å². The zero-order valence-electron chi connectivity index (χ0n) is 11.9. The Hall–Kier alpha value is -1.47. The molecule has 1 aromatic heterocycles. The molecule has 0 aliphatic carbocycles. The maximum Gasteiger partial charge on any atom is 0.252 e.